The zero-order valence-corrected chi connectivity index (χ0v) is 23.1. The SMILES string of the molecule is [C-]#[N+]C(C#N)c1cccc2c(NCc3ccc(OCCCCCCCCCCCCCC)cc3)cccc12. The van der Waals surface area contributed by atoms with E-state index in [0.717, 1.165) is 40.8 Å². The molecule has 38 heavy (non-hydrogen) atoms. The van der Waals surface area contributed by atoms with Gasteiger partial charge in [0.05, 0.1) is 12.2 Å². The maximum atomic E-state index is 9.35. The van der Waals surface area contributed by atoms with Gasteiger partial charge in [-0.25, -0.2) is 6.57 Å². The number of nitriles is 1. The summed E-state index contributed by atoms with van der Waals surface area (Å²) in [4.78, 5) is 3.47. The summed E-state index contributed by atoms with van der Waals surface area (Å²) in [6.45, 7) is 11.1. The van der Waals surface area contributed by atoms with Crippen molar-refractivity contribution in [3.05, 3.63) is 83.2 Å². The number of ether oxygens (including phenoxy) is 1. The molecule has 200 valence electrons. The molecule has 0 saturated heterocycles. The van der Waals surface area contributed by atoms with Gasteiger partial charge in [0.25, 0.3) is 0 Å². The first-order valence-corrected chi connectivity index (χ1v) is 14.5. The molecule has 3 aromatic carbocycles. The number of hydrogen-bond acceptors (Lipinski definition) is 3. The molecule has 0 radical (unpaired) electrons. The normalized spacial score (nSPS) is 11.6. The van der Waals surface area contributed by atoms with Crippen molar-refractivity contribution < 1.29 is 4.74 Å². The summed E-state index contributed by atoms with van der Waals surface area (Å²) in [5.74, 6) is 0.924. The Balaban J connectivity index is 1.34. The molecule has 0 aliphatic rings. The minimum Gasteiger partial charge on any atom is -0.494 e. The number of hydrogen-bond donors (Lipinski definition) is 1. The van der Waals surface area contributed by atoms with E-state index in [1.165, 1.54) is 76.2 Å². The van der Waals surface area contributed by atoms with Gasteiger partial charge in [0.2, 0.25) is 0 Å². The van der Waals surface area contributed by atoms with Crippen LogP contribution in [0.25, 0.3) is 15.6 Å². The third-order valence-corrected chi connectivity index (χ3v) is 7.17. The van der Waals surface area contributed by atoms with Crippen molar-refractivity contribution in [2.24, 2.45) is 0 Å². The van der Waals surface area contributed by atoms with E-state index in [9.17, 15) is 5.26 Å². The van der Waals surface area contributed by atoms with E-state index >= 15 is 0 Å². The third-order valence-electron chi connectivity index (χ3n) is 7.17. The van der Waals surface area contributed by atoms with Crippen LogP contribution >= 0.6 is 0 Å². The van der Waals surface area contributed by atoms with Crippen molar-refractivity contribution in [1.82, 2.24) is 0 Å². The van der Waals surface area contributed by atoms with Gasteiger partial charge in [-0.15, -0.1) is 0 Å². The van der Waals surface area contributed by atoms with Crippen LogP contribution in [0.15, 0.2) is 60.7 Å². The number of unbranched alkanes of at least 4 members (excludes halogenated alkanes) is 11. The van der Waals surface area contributed by atoms with Gasteiger partial charge in [-0.2, -0.15) is 5.26 Å². The third kappa shape index (κ3) is 9.42. The van der Waals surface area contributed by atoms with Crippen LogP contribution < -0.4 is 10.1 Å². The van der Waals surface area contributed by atoms with Gasteiger partial charge in [-0.05, 0) is 41.6 Å². The van der Waals surface area contributed by atoms with Crippen molar-refractivity contribution in [2.75, 3.05) is 11.9 Å². The fourth-order valence-corrected chi connectivity index (χ4v) is 4.93. The van der Waals surface area contributed by atoms with Crippen molar-refractivity contribution in [3.63, 3.8) is 0 Å². The van der Waals surface area contributed by atoms with Crippen molar-refractivity contribution >= 4 is 16.5 Å². The Hall–Kier alpha value is -3.50. The number of nitrogens with one attached hydrogen (secondary N) is 1. The lowest BCUT2D eigenvalue weighted by Crippen LogP contribution is -2.01. The second-order valence-corrected chi connectivity index (χ2v) is 10.1. The summed E-state index contributed by atoms with van der Waals surface area (Å²) >= 11 is 0. The van der Waals surface area contributed by atoms with E-state index < -0.39 is 6.04 Å². The lowest BCUT2D eigenvalue weighted by molar-refractivity contribution is 0.304. The zero-order valence-electron chi connectivity index (χ0n) is 23.1. The van der Waals surface area contributed by atoms with Crippen LogP contribution in [0, 0.1) is 17.9 Å². The molecule has 0 fully saturated rings. The lowest BCUT2D eigenvalue weighted by Gasteiger charge is -2.12. The first-order valence-electron chi connectivity index (χ1n) is 14.5. The van der Waals surface area contributed by atoms with E-state index in [2.05, 4.69) is 35.3 Å². The Morgan fingerprint density at radius 3 is 2.03 bits per heavy atom. The predicted octanol–water partition coefficient (Wildman–Crippen LogP) is 10.0. The lowest BCUT2D eigenvalue weighted by atomic mass is 9.98. The van der Waals surface area contributed by atoms with Gasteiger partial charge in [0.1, 0.15) is 5.75 Å². The molecule has 0 aliphatic heterocycles. The molecular weight excluding hydrogens is 466 g/mol. The molecule has 4 heteroatoms. The fraction of sp³-hybridized carbons (Fsp3) is 0.471. The molecule has 0 saturated carbocycles. The predicted molar refractivity (Wildman–Crippen MR) is 159 cm³/mol. The Labute approximate surface area is 229 Å². The monoisotopic (exact) mass is 509 g/mol. The van der Waals surface area contributed by atoms with E-state index in [0.29, 0.717) is 6.54 Å². The molecule has 0 heterocycles. The highest BCUT2D eigenvalue weighted by Crippen LogP contribution is 2.31. The van der Waals surface area contributed by atoms with Crippen LogP contribution in [-0.4, -0.2) is 6.61 Å². The highest BCUT2D eigenvalue weighted by atomic mass is 16.5. The maximum Gasteiger partial charge on any atom is 0.332 e. The summed E-state index contributed by atoms with van der Waals surface area (Å²) in [5.41, 5.74) is 2.93. The van der Waals surface area contributed by atoms with E-state index in [1.54, 1.807) is 0 Å². The molecule has 0 aromatic heterocycles. The summed E-state index contributed by atoms with van der Waals surface area (Å²) < 4.78 is 5.96. The van der Waals surface area contributed by atoms with Crippen LogP contribution in [0.5, 0.6) is 5.75 Å². The minimum atomic E-state index is -0.781. The van der Waals surface area contributed by atoms with Gasteiger partial charge in [0, 0.05) is 17.6 Å². The van der Waals surface area contributed by atoms with Crippen LogP contribution in [0.4, 0.5) is 5.69 Å². The Bertz CT molecular complexity index is 1160. The van der Waals surface area contributed by atoms with Gasteiger partial charge < -0.3 is 10.1 Å². The molecule has 0 aliphatic carbocycles. The van der Waals surface area contributed by atoms with Crippen LogP contribution in [0.2, 0.25) is 0 Å². The van der Waals surface area contributed by atoms with E-state index in [4.69, 9.17) is 11.3 Å². The molecular formula is C34H43N3O. The second kappa shape index (κ2) is 17.1. The molecule has 0 spiro atoms. The maximum absolute atomic E-state index is 9.35. The van der Waals surface area contributed by atoms with Crippen molar-refractivity contribution in [3.8, 4) is 11.8 Å². The highest BCUT2D eigenvalue weighted by Gasteiger charge is 2.18. The number of fused-ring (bicyclic) bond motifs is 1. The molecule has 0 bridgehead atoms. The smallest absolute Gasteiger partial charge is 0.332 e. The van der Waals surface area contributed by atoms with E-state index in [1.807, 2.05) is 48.5 Å². The minimum absolute atomic E-state index is 0.687. The van der Waals surface area contributed by atoms with Crippen molar-refractivity contribution in [1.29, 1.82) is 5.26 Å². The quantitative estimate of drug-likeness (QED) is 0.137. The molecule has 0 amide bonds. The number of anilines is 1. The van der Waals surface area contributed by atoms with Gasteiger partial charge in [-0.1, -0.05) is 114 Å². The fourth-order valence-electron chi connectivity index (χ4n) is 4.93. The molecule has 3 aromatic rings. The first-order chi connectivity index (χ1) is 18.8. The van der Waals surface area contributed by atoms with Gasteiger partial charge in [0.15, 0.2) is 6.07 Å². The van der Waals surface area contributed by atoms with Crippen LogP contribution in [0.1, 0.15) is 101 Å². The molecule has 1 N–H and O–H groups in total. The topological polar surface area (TPSA) is 49.4 Å². The number of rotatable bonds is 18. The van der Waals surface area contributed by atoms with Gasteiger partial charge >= 0.3 is 6.04 Å². The average molecular weight is 510 g/mol. The Morgan fingerprint density at radius 2 is 1.39 bits per heavy atom. The largest absolute Gasteiger partial charge is 0.494 e. The summed E-state index contributed by atoms with van der Waals surface area (Å²) in [6.07, 6.45) is 16.2. The zero-order chi connectivity index (χ0) is 26.8. The second-order valence-electron chi connectivity index (χ2n) is 10.1. The first kappa shape index (κ1) is 29.1. The Morgan fingerprint density at radius 1 is 0.789 bits per heavy atom. The molecule has 1 unspecified atom stereocenters. The van der Waals surface area contributed by atoms with Crippen molar-refractivity contribution in [2.45, 2.75) is 96.6 Å². The van der Waals surface area contributed by atoms with Crippen LogP contribution in [0.3, 0.4) is 0 Å². The Kier molecular flexibility index (Phi) is 13.1. The summed E-state index contributed by atoms with van der Waals surface area (Å²) in [7, 11) is 0. The van der Waals surface area contributed by atoms with Crippen LogP contribution in [-0.2, 0) is 6.54 Å². The molecule has 1 atom stereocenters. The molecule has 4 nitrogen and oxygen atoms in total. The summed E-state index contributed by atoms with van der Waals surface area (Å²) in [5, 5.41) is 14.8. The van der Waals surface area contributed by atoms with Gasteiger partial charge in [-0.3, -0.25) is 4.85 Å². The molecule has 3 rings (SSSR count). The summed E-state index contributed by atoms with van der Waals surface area (Å²) in [6, 6.07) is 21.4. The standard InChI is InChI=1S/C34H43N3O/c1-3-4-5-6-7-8-9-10-11-12-13-14-25-38-29-23-21-28(22-24-29)27-37-33-20-16-17-30-31(33)18-15-19-32(30)34(26-35)36-2/h15-24,34,37H,3-14,25,27H2,1H3. The van der Waals surface area contributed by atoms with E-state index in [-0.39, 0.29) is 0 Å². The average Bonchev–Trinajstić information content (AvgIpc) is 2.96. The number of benzene rings is 3. The highest BCUT2D eigenvalue weighted by molar-refractivity contribution is 5.96. The number of nitrogens with zero attached hydrogens (tertiary/aromatic N) is 2.